The first-order chi connectivity index (χ1) is 21.6. The number of H-pyrrole nitrogens is 1. The molecule has 0 bridgehead atoms. The molecule has 0 unspecified atom stereocenters. The van der Waals surface area contributed by atoms with Gasteiger partial charge in [-0.2, -0.15) is 0 Å². The van der Waals surface area contributed by atoms with Crippen molar-refractivity contribution in [2.24, 2.45) is 5.41 Å². The highest BCUT2D eigenvalue weighted by molar-refractivity contribution is 6.31. The number of rotatable bonds is 9. The molecule has 7 nitrogen and oxygen atoms in total. The Balaban J connectivity index is 1.44. The van der Waals surface area contributed by atoms with Crippen molar-refractivity contribution in [1.82, 2.24) is 15.0 Å². The van der Waals surface area contributed by atoms with Gasteiger partial charge in [0.05, 0.1) is 29.7 Å². The van der Waals surface area contributed by atoms with Crippen LogP contribution in [-0.4, -0.2) is 45.7 Å². The van der Waals surface area contributed by atoms with Crippen LogP contribution in [0.15, 0.2) is 66.7 Å². The summed E-state index contributed by atoms with van der Waals surface area (Å²) >= 11 is 6.28. The number of halogens is 2. The summed E-state index contributed by atoms with van der Waals surface area (Å²) in [5.74, 6) is 0.129. The molecule has 3 aromatic carbocycles. The molecule has 1 aliphatic rings. The van der Waals surface area contributed by atoms with E-state index in [1.54, 1.807) is 18.2 Å². The molecule has 3 heterocycles. The van der Waals surface area contributed by atoms with E-state index in [2.05, 4.69) is 23.7 Å². The molecule has 0 spiro atoms. The van der Waals surface area contributed by atoms with Gasteiger partial charge < -0.3 is 19.7 Å². The molecule has 1 aliphatic heterocycles. The molecule has 2 aromatic heterocycles. The van der Waals surface area contributed by atoms with Crippen LogP contribution in [0.4, 0.5) is 10.1 Å². The number of pyridine rings is 1. The van der Waals surface area contributed by atoms with E-state index in [-0.39, 0.29) is 17.7 Å². The van der Waals surface area contributed by atoms with E-state index in [9.17, 15) is 14.3 Å². The minimum Gasteiger partial charge on any atom is -0.493 e. The molecule has 232 valence electrons. The maximum absolute atomic E-state index is 13.3. The summed E-state index contributed by atoms with van der Waals surface area (Å²) in [6.07, 6.45) is 2.49. The maximum Gasteiger partial charge on any atom is 0.307 e. The van der Waals surface area contributed by atoms with Crippen LogP contribution >= 0.6 is 11.6 Å². The van der Waals surface area contributed by atoms with Crippen molar-refractivity contribution in [2.45, 2.75) is 46.5 Å². The number of carbonyl (C=O) groups is 1. The van der Waals surface area contributed by atoms with E-state index < -0.39 is 5.97 Å². The van der Waals surface area contributed by atoms with E-state index in [1.165, 1.54) is 12.1 Å². The Bertz CT molecular complexity index is 1840. The molecule has 9 heteroatoms. The number of hydrogen-bond acceptors (Lipinski definition) is 5. The molecular formula is C36H36ClFN4O3. The Morgan fingerprint density at radius 3 is 2.44 bits per heavy atom. The number of carboxylic acid groups (broad SMARTS) is 1. The number of hydrogen-bond donors (Lipinski definition) is 2. The van der Waals surface area contributed by atoms with Gasteiger partial charge in [0, 0.05) is 41.4 Å². The Labute approximate surface area is 267 Å². The van der Waals surface area contributed by atoms with Crippen molar-refractivity contribution in [3.63, 3.8) is 0 Å². The summed E-state index contributed by atoms with van der Waals surface area (Å²) in [6.45, 7) is 8.48. The smallest absolute Gasteiger partial charge is 0.307 e. The first-order valence-electron chi connectivity index (χ1n) is 15.2. The first-order valence-corrected chi connectivity index (χ1v) is 15.6. The van der Waals surface area contributed by atoms with Crippen LogP contribution in [0.2, 0.25) is 5.02 Å². The van der Waals surface area contributed by atoms with Gasteiger partial charge in [0.15, 0.2) is 5.82 Å². The molecular weight excluding hydrogens is 591 g/mol. The number of carboxylic acids is 1. The Kier molecular flexibility index (Phi) is 8.51. The van der Waals surface area contributed by atoms with Gasteiger partial charge in [-0.05, 0) is 78.8 Å². The molecule has 1 saturated heterocycles. The quantitative estimate of drug-likeness (QED) is 0.171. The monoisotopic (exact) mass is 626 g/mol. The summed E-state index contributed by atoms with van der Waals surface area (Å²) in [4.78, 5) is 27.8. The van der Waals surface area contributed by atoms with E-state index in [1.807, 2.05) is 43.3 Å². The van der Waals surface area contributed by atoms with Crippen LogP contribution < -0.4 is 9.64 Å². The molecule has 1 fully saturated rings. The third-order valence-electron chi connectivity index (χ3n) is 8.62. The van der Waals surface area contributed by atoms with Crippen molar-refractivity contribution < 1.29 is 19.0 Å². The molecule has 0 amide bonds. The van der Waals surface area contributed by atoms with Crippen LogP contribution in [0.1, 0.15) is 43.5 Å². The summed E-state index contributed by atoms with van der Waals surface area (Å²) in [5, 5.41) is 10.6. The minimum atomic E-state index is -0.902. The summed E-state index contributed by atoms with van der Waals surface area (Å²) < 4.78 is 19.3. The topological polar surface area (TPSA) is 91.3 Å². The van der Waals surface area contributed by atoms with Crippen LogP contribution in [-0.2, 0) is 17.6 Å². The van der Waals surface area contributed by atoms with Crippen LogP contribution in [0.3, 0.4) is 0 Å². The highest BCUT2D eigenvalue weighted by Gasteiger charge is 2.31. The second-order valence-electron chi connectivity index (χ2n) is 12.5. The summed E-state index contributed by atoms with van der Waals surface area (Å²) in [6, 6.07) is 19.8. The number of fused-ring (bicyclic) bond motifs is 1. The zero-order chi connectivity index (χ0) is 31.7. The van der Waals surface area contributed by atoms with Gasteiger partial charge in [0.25, 0.3) is 0 Å². The maximum atomic E-state index is 13.3. The van der Waals surface area contributed by atoms with Crippen LogP contribution in [0.25, 0.3) is 33.7 Å². The normalized spacial score (nSPS) is 14.6. The van der Waals surface area contributed by atoms with Crippen molar-refractivity contribution in [3.8, 4) is 28.4 Å². The highest BCUT2D eigenvalue weighted by Crippen LogP contribution is 2.44. The number of imidazole rings is 1. The average Bonchev–Trinajstić information content (AvgIpc) is 3.42. The van der Waals surface area contributed by atoms with E-state index in [4.69, 9.17) is 26.3 Å². The lowest BCUT2D eigenvalue weighted by Gasteiger charge is -2.40. The lowest BCUT2D eigenvalue weighted by Crippen LogP contribution is -2.38. The number of aliphatic carboxylic acids is 1. The second kappa shape index (κ2) is 12.5. The fourth-order valence-corrected chi connectivity index (χ4v) is 6.14. The molecule has 6 rings (SSSR count). The number of piperidine rings is 1. The van der Waals surface area contributed by atoms with Gasteiger partial charge in [0.1, 0.15) is 17.3 Å². The molecule has 5 aromatic rings. The zero-order valence-corrected chi connectivity index (χ0v) is 26.4. The predicted molar refractivity (Wildman–Crippen MR) is 177 cm³/mol. The Morgan fingerprint density at radius 2 is 1.76 bits per heavy atom. The number of aromatic amines is 1. The highest BCUT2D eigenvalue weighted by atomic mass is 35.5. The van der Waals surface area contributed by atoms with Gasteiger partial charge in [-0.3, -0.25) is 4.79 Å². The molecule has 0 radical (unpaired) electrons. The third-order valence-corrected chi connectivity index (χ3v) is 8.86. The zero-order valence-electron chi connectivity index (χ0n) is 25.7. The fraction of sp³-hybridized carbons (Fsp3) is 0.306. The van der Waals surface area contributed by atoms with Crippen molar-refractivity contribution in [1.29, 1.82) is 0 Å². The van der Waals surface area contributed by atoms with Gasteiger partial charge in [-0.25, -0.2) is 14.4 Å². The lowest BCUT2D eigenvalue weighted by atomic mass is 9.82. The standard InChI is InChI=1S/C36H36ClFN4O3/c1-22-28(21-31(43)44)34(42-17-15-36(2,3)16-18-42)32(33(39-22)35-40-29-13-8-25(37)20-30(29)41-35)24-6-11-27(12-7-24)45-19-14-23-4-9-26(38)10-5-23/h4-13,20H,14-19,21H2,1-3H3,(H,40,41)(H,43,44). The first kappa shape index (κ1) is 30.6. The number of aromatic nitrogens is 3. The van der Waals surface area contributed by atoms with Crippen LogP contribution in [0, 0.1) is 18.2 Å². The molecule has 0 atom stereocenters. The van der Waals surface area contributed by atoms with Gasteiger partial charge in [-0.15, -0.1) is 0 Å². The predicted octanol–water partition coefficient (Wildman–Crippen LogP) is 8.27. The molecule has 0 aliphatic carbocycles. The van der Waals surface area contributed by atoms with E-state index in [0.29, 0.717) is 46.6 Å². The fourth-order valence-electron chi connectivity index (χ4n) is 5.97. The summed E-state index contributed by atoms with van der Waals surface area (Å²) in [5.41, 5.74) is 7.39. The van der Waals surface area contributed by atoms with E-state index in [0.717, 1.165) is 59.3 Å². The minimum absolute atomic E-state index is 0.137. The van der Waals surface area contributed by atoms with Gasteiger partial charge in [0.2, 0.25) is 0 Å². The summed E-state index contributed by atoms with van der Waals surface area (Å²) in [7, 11) is 0. The van der Waals surface area contributed by atoms with Crippen molar-refractivity contribution in [3.05, 3.63) is 94.4 Å². The van der Waals surface area contributed by atoms with Crippen molar-refractivity contribution >= 4 is 34.3 Å². The molecule has 45 heavy (non-hydrogen) atoms. The Hall–Kier alpha value is -4.43. The average molecular weight is 627 g/mol. The number of ether oxygens (including phenoxy) is 1. The van der Waals surface area contributed by atoms with Gasteiger partial charge in [-0.1, -0.05) is 49.7 Å². The molecule has 2 N–H and O–H groups in total. The number of nitrogens with one attached hydrogen (secondary N) is 1. The third kappa shape index (κ3) is 6.81. The van der Waals surface area contributed by atoms with Crippen LogP contribution in [0.5, 0.6) is 5.75 Å². The number of nitrogens with zero attached hydrogens (tertiary/aromatic N) is 3. The lowest BCUT2D eigenvalue weighted by molar-refractivity contribution is -0.136. The van der Waals surface area contributed by atoms with Crippen molar-refractivity contribution in [2.75, 3.05) is 24.6 Å². The number of aryl methyl sites for hydroxylation is 1. The molecule has 0 saturated carbocycles. The Morgan fingerprint density at radius 1 is 1.04 bits per heavy atom. The number of benzene rings is 3. The van der Waals surface area contributed by atoms with Gasteiger partial charge >= 0.3 is 5.97 Å². The SMILES string of the molecule is Cc1nc(-c2nc3ccc(Cl)cc3[nH]2)c(-c2ccc(OCCc3ccc(F)cc3)cc2)c(N2CCC(C)(C)CC2)c1CC(=O)O. The largest absolute Gasteiger partial charge is 0.493 e. The second-order valence-corrected chi connectivity index (χ2v) is 12.9. The number of anilines is 1. The van der Waals surface area contributed by atoms with E-state index >= 15 is 0 Å².